The Labute approximate surface area is 312 Å². The van der Waals surface area contributed by atoms with E-state index in [0.29, 0.717) is 79.9 Å². The molecule has 0 radical (unpaired) electrons. The highest BCUT2D eigenvalue weighted by atomic mass is 19.4. The highest BCUT2D eigenvalue weighted by molar-refractivity contribution is 5.82. The van der Waals surface area contributed by atoms with Crippen LogP contribution >= 0.6 is 0 Å². The standard InChI is InChI=1S/C39H49F4N7O4/c1-4-54-28-16-14-27(15-17-28)50-36(47-33-12-6-5-10-29(33)38(50)53)34(19-21-46-37(52)32(45)11-7-8-20-44)49(23-9-22-48(2)3)35(51)25-26-13-18-30(31(40)24-26)39(41,42)43/h5-6,10,12-18,24,32,34H,4,7-9,11,19-23,25,44-45H2,1-3H3,(H,46,52)/t32-,34?/m0/s1. The molecular formula is C39H49F4N7O4. The Balaban J connectivity index is 1.84. The summed E-state index contributed by atoms with van der Waals surface area (Å²) in [6, 6.07) is 14.3. The van der Waals surface area contributed by atoms with Crippen molar-refractivity contribution in [1.29, 1.82) is 0 Å². The lowest BCUT2D eigenvalue weighted by molar-refractivity contribution is -0.140. The first-order valence-electron chi connectivity index (χ1n) is 18.0. The quantitative estimate of drug-likeness (QED) is 0.0898. The number of rotatable bonds is 19. The zero-order valence-electron chi connectivity index (χ0n) is 30.9. The molecule has 2 amide bonds. The number of aromatic nitrogens is 2. The van der Waals surface area contributed by atoms with Crippen molar-refractivity contribution in [1.82, 2.24) is 24.7 Å². The van der Waals surface area contributed by atoms with Gasteiger partial charge in [0.15, 0.2) is 0 Å². The molecule has 3 aromatic carbocycles. The van der Waals surface area contributed by atoms with Crippen molar-refractivity contribution in [3.8, 4) is 11.4 Å². The summed E-state index contributed by atoms with van der Waals surface area (Å²) in [6.07, 6.45) is -2.98. The first-order valence-corrected chi connectivity index (χ1v) is 18.0. The van der Waals surface area contributed by atoms with Gasteiger partial charge >= 0.3 is 6.18 Å². The Kier molecular flexibility index (Phi) is 15.1. The van der Waals surface area contributed by atoms with Gasteiger partial charge in [-0.3, -0.25) is 19.0 Å². The van der Waals surface area contributed by atoms with Gasteiger partial charge in [0.1, 0.15) is 17.4 Å². The Morgan fingerprint density at radius 3 is 2.35 bits per heavy atom. The van der Waals surface area contributed by atoms with Gasteiger partial charge in [0, 0.05) is 13.1 Å². The van der Waals surface area contributed by atoms with Crippen LogP contribution in [0.25, 0.3) is 16.6 Å². The summed E-state index contributed by atoms with van der Waals surface area (Å²) in [5.41, 5.74) is 10.8. The van der Waals surface area contributed by atoms with Crippen LogP contribution in [0, 0.1) is 5.82 Å². The minimum absolute atomic E-state index is 0.0342. The average Bonchev–Trinajstić information content (AvgIpc) is 3.12. The average molecular weight is 756 g/mol. The number of carbonyl (C=O) groups is 2. The summed E-state index contributed by atoms with van der Waals surface area (Å²) >= 11 is 0. The second-order valence-corrected chi connectivity index (χ2v) is 13.3. The Hall–Kier alpha value is -4.86. The van der Waals surface area contributed by atoms with Crippen LogP contribution in [0.2, 0.25) is 0 Å². The first kappa shape index (κ1) is 41.9. The highest BCUT2D eigenvalue weighted by Gasteiger charge is 2.35. The molecule has 54 heavy (non-hydrogen) atoms. The lowest BCUT2D eigenvalue weighted by Gasteiger charge is -2.34. The second-order valence-electron chi connectivity index (χ2n) is 13.3. The SMILES string of the molecule is CCOc1ccc(-n2c(C(CCNC(=O)[C@@H](N)CCCCN)N(CCCN(C)C)C(=O)Cc3ccc(C(F)(F)F)c(F)c3)nc3ccccc3c2=O)cc1. The van der Waals surface area contributed by atoms with Crippen LogP contribution in [-0.2, 0) is 22.2 Å². The summed E-state index contributed by atoms with van der Waals surface area (Å²) in [7, 11) is 3.74. The van der Waals surface area contributed by atoms with Crippen molar-refractivity contribution in [3.05, 3.63) is 99.9 Å². The lowest BCUT2D eigenvalue weighted by atomic mass is 10.0. The number of hydrogen-bond acceptors (Lipinski definition) is 8. The van der Waals surface area contributed by atoms with Gasteiger partial charge in [0.05, 0.1) is 47.3 Å². The molecule has 1 heterocycles. The fourth-order valence-electron chi connectivity index (χ4n) is 6.19. The number of benzene rings is 3. The fraction of sp³-hybridized carbons (Fsp3) is 0.436. The molecule has 0 aliphatic rings. The van der Waals surface area contributed by atoms with Crippen LogP contribution in [0.3, 0.4) is 0 Å². The number of nitrogens with two attached hydrogens (primary N) is 2. The number of nitrogens with one attached hydrogen (secondary N) is 1. The van der Waals surface area contributed by atoms with Crippen LogP contribution in [0.5, 0.6) is 5.75 Å². The maximum Gasteiger partial charge on any atom is 0.419 e. The van der Waals surface area contributed by atoms with Crippen molar-refractivity contribution >= 4 is 22.7 Å². The largest absolute Gasteiger partial charge is 0.494 e. The number of hydrogen-bond donors (Lipinski definition) is 3. The Morgan fingerprint density at radius 2 is 1.70 bits per heavy atom. The molecule has 292 valence electrons. The smallest absolute Gasteiger partial charge is 0.419 e. The lowest BCUT2D eigenvalue weighted by Crippen LogP contribution is -2.44. The number of unbranched alkanes of at least 4 members (excludes halogenated alkanes) is 1. The molecule has 0 fully saturated rings. The molecule has 0 saturated carbocycles. The van der Waals surface area contributed by atoms with Gasteiger partial charge in [0.2, 0.25) is 11.8 Å². The summed E-state index contributed by atoms with van der Waals surface area (Å²) in [6.45, 7) is 3.49. The number of ether oxygens (including phenoxy) is 1. The summed E-state index contributed by atoms with van der Waals surface area (Å²) in [4.78, 5) is 50.2. The third-order valence-electron chi connectivity index (χ3n) is 8.92. The van der Waals surface area contributed by atoms with Crippen LogP contribution in [0.4, 0.5) is 17.6 Å². The summed E-state index contributed by atoms with van der Waals surface area (Å²) < 4.78 is 61.8. The maximum absolute atomic E-state index is 14.7. The number of halogens is 4. The second kappa shape index (κ2) is 19.5. The van der Waals surface area contributed by atoms with Crippen LogP contribution in [-0.4, -0.2) is 84.1 Å². The van der Waals surface area contributed by atoms with Gasteiger partial charge in [-0.15, -0.1) is 0 Å². The van der Waals surface area contributed by atoms with Gasteiger partial charge in [-0.25, -0.2) is 9.37 Å². The molecular weight excluding hydrogens is 706 g/mol. The molecule has 1 unspecified atom stereocenters. The minimum Gasteiger partial charge on any atom is -0.494 e. The maximum atomic E-state index is 14.7. The van der Waals surface area contributed by atoms with Crippen molar-refractivity contribution < 1.29 is 31.9 Å². The Morgan fingerprint density at radius 1 is 0.981 bits per heavy atom. The number of fused-ring (bicyclic) bond motifs is 1. The van der Waals surface area contributed by atoms with Gasteiger partial charge < -0.3 is 31.3 Å². The van der Waals surface area contributed by atoms with Crippen LogP contribution in [0.1, 0.15) is 62.0 Å². The van der Waals surface area contributed by atoms with E-state index in [1.807, 2.05) is 25.9 Å². The molecule has 0 spiro atoms. The van der Waals surface area contributed by atoms with E-state index in [4.69, 9.17) is 21.2 Å². The molecule has 15 heteroatoms. The predicted molar refractivity (Wildman–Crippen MR) is 200 cm³/mol. The molecule has 5 N–H and O–H groups in total. The highest BCUT2D eigenvalue weighted by Crippen LogP contribution is 2.32. The van der Waals surface area contributed by atoms with Crippen LogP contribution < -0.4 is 27.1 Å². The molecule has 1 aromatic heterocycles. The monoisotopic (exact) mass is 755 g/mol. The third kappa shape index (κ3) is 11.1. The van der Waals surface area contributed by atoms with E-state index in [1.165, 1.54) is 9.47 Å². The fourth-order valence-corrected chi connectivity index (χ4v) is 6.19. The van der Waals surface area contributed by atoms with E-state index in [-0.39, 0.29) is 30.9 Å². The number of alkyl halides is 3. The first-order chi connectivity index (χ1) is 25.7. The molecule has 0 saturated heterocycles. The van der Waals surface area contributed by atoms with Crippen LogP contribution in [0.15, 0.2) is 71.5 Å². The number of carbonyl (C=O) groups excluding carboxylic acids is 2. The topological polar surface area (TPSA) is 149 Å². The zero-order chi connectivity index (χ0) is 39.4. The number of nitrogens with zero attached hydrogens (tertiary/aromatic N) is 4. The Bertz CT molecular complexity index is 1920. The normalized spacial score (nSPS) is 12.9. The molecule has 4 rings (SSSR count). The van der Waals surface area contributed by atoms with Crippen molar-refractivity contribution in [2.75, 3.05) is 46.9 Å². The van der Waals surface area contributed by atoms with E-state index < -0.39 is 53.4 Å². The van der Waals surface area contributed by atoms with Crippen molar-refractivity contribution in [2.45, 2.75) is 63.7 Å². The van der Waals surface area contributed by atoms with Crippen molar-refractivity contribution in [2.24, 2.45) is 11.5 Å². The van der Waals surface area contributed by atoms with E-state index in [2.05, 4.69) is 5.32 Å². The van der Waals surface area contributed by atoms with E-state index in [9.17, 15) is 31.9 Å². The third-order valence-corrected chi connectivity index (χ3v) is 8.92. The molecule has 0 bridgehead atoms. The predicted octanol–water partition coefficient (Wildman–Crippen LogP) is 4.97. The molecule has 4 aromatic rings. The zero-order valence-corrected chi connectivity index (χ0v) is 30.9. The summed E-state index contributed by atoms with van der Waals surface area (Å²) in [5, 5.41) is 3.19. The summed E-state index contributed by atoms with van der Waals surface area (Å²) in [5.74, 6) is -1.65. The van der Waals surface area contributed by atoms with Gasteiger partial charge in [-0.1, -0.05) is 24.6 Å². The molecule has 0 aliphatic carbocycles. The molecule has 0 aliphatic heterocycles. The minimum atomic E-state index is -4.90. The number of amides is 2. The van der Waals surface area contributed by atoms with E-state index >= 15 is 0 Å². The van der Waals surface area contributed by atoms with Crippen molar-refractivity contribution in [3.63, 3.8) is 0 Å². The van der Waals surface area contributed by atoms with Gasteiger partial charge in [-0.05, 0) is 114 Å². The van der Waals surface area contributed by atoms with Gasteiger partial charge in [0.25, 0.3) is 5.56 Å². The van der Waals surface area contributed by atoms with E-state index in [0.717, 1.165) is 6.07 Å². The van der Waals surface area contributed by atoms with E-state index in [1.54, 1.807) is 48.5 Å². The number of para-hydroxylation sites is 1. The molecule has 2 atom stereocenters. The van der Waals surface area contributed by atoms with Gasteiger partial charge in [-0.2, -0.15) is 13.2 Å². The molecule has 11 nitrogen and oxygen atoms in total.